The second-order valence-electron chi connectivity index (χ2n) is 6.76. The van der Waals surface area contributed by atoms with Crippen molar-refractivity contribution in [3.63, 3.8) is 0 Å². The first kappa shape index (κ1) is 15.7. The van der Waals surface area contributed by atoms with Gasteiger partial charge in [0, 0.05) is 36.7 Å². The Labute approximate surface area is 143 Å². The van der Waals surface area contributed by atoms with Crippen LogP contribution in [0.4, 0.5) is 0 Å². The number of hydrogen-bond donors (Lipinski definition) is 0. The number of ether oxygens (including phenoxy) is 2. The molecular weight excluding hydrogens is 300 g/mol. The Morgan fingerprint density at radius 1 is 0.833 bits per heavy atom. The lowest BCUT2D eigenvalue weighted by atomic mass is 9.99. The monoisotopic (exact) mass is 324 g/mol. The van der Waals surface area contributed by atoms with Gasteiger partial charge in [0.2, 0.25) is 0 Å². The summed E-state index contributed by atoms with van der Waals surface area (Å²) < 4.78 is 10.9. The van der Waals surface area contributed by atoms with Crippen LogP contribution in [0.2, 0.25) is 0 Å². The lowest BCUT2D eigenvalue weighted by Gasteiger charge is -2.16. The van der Waals surface area contributed by atoms with E-state index in [0.29, 0.717) is 13.2 Å². The minimum atomic E-state index is 0.522. The average Bonchev–Trinajstić information content (AvgIpc) is 3.22. The average molecular weight is 324 g/mol. The van der Waals surface area contributed by atoms with Crippen LogP contribution in [-0.2, 0) is 48.4 Å². The van der Waals surface area contributed by atoms with Crippen molar-refractivity contribution in [1.29, 1.82) is 0 Å². The molecule has 2 heterocycles. The molecular formula is C20H24N2O2. The van der Waals surface area contributed by atoms with Crippen molar-refractivity contribution >= 4 is 0 Å². The van der Waals surface area contributed by atoms with E-state index < -0.39 is 0 Å². The van der Waals surface area contributed by atoms with E-state index >= 15 is 0 Å². The molecule has 2 aromatic rings. The smallest absolute Gasteiger partial charge is 0.0891 e. The lowest BCUT2D eigenvalue weighted by Crippen LogP contribution is -2.06. The SMILES string of the molecule is COCc1cc2c(nc1-c1cc3c(nc1COC)CCC3)CCC2. The minimum Gasteiger partial charge on any atom is -0.380 e. The highest BCUT2D eigenvalue weighted by Gasteiger charge is 2.22. The number of methoxy groups -OCH3 is 2. The van der Waals surface area contributed by atoms with Crippen LogP contribution in [0, 0.1) is 0 Å². The largest absolute Gasteiger partial charge is 0.380 e. The Morgan fingerprint density at radius 3 is 2.21 bits per heavy atom. The summed E-state index contributed by atoms with van der Waals surface area (Å²) in [5.74, 6) is 0. The summed E-state index contributed by atoms with van der Waals surface area (Å²) in [6, 6.07) is 4.59. The normalized spacial score (nSPS) is 15.6. The minimum absolute atomic E-state index is 0.522. The summed E-state index contributed by atoms with van der Waals surface area (Å²) in [7, 11) is 3.47. The Balaban J connectivity index is 1.88. The molecule has 0 saturated carbocycles. The summed E-state index contributed by atoms with van der Waals surface area (Å²) >= 11 is 0. The van der Waals surface area contributed by atoms with Gasteiger partial charge in [-0.3, -0.25) is 9.97 Å². The van der Waals surface area contributed by atoms with Gasteiger partial charge in [-0.2, -0.15) is 0 Å². The van der Waals surface area contributed by atoms with Crippen molar-refractivity contribution in [3.8, 4) is 11.3 Å². The van der Waals surface area contributed by atoms with Crippen molar-refractivity contribution in [1.82, 2.24) is 9.97 Å². The quantitative estimate of drug-likeness (QED) is 0.845. The van der Waals surface area contributed by atoms with Crippen molar-refractivity contribution in [2.45, 2.75) is 51.7 Å². The zero-order chi connectivity index (χ0) is 16.5. The number of aromatic nitrogens is 2. The molecule has 0 N–H and O–H groups in total. The van der Waals surface area contributed by atoms with Crippen molar-refractivity contribution in [2.75, 3.05) is 14.2 Å². The maximum Gasteiger partial charge on any atom is 0.0891 e. The summed E-state index contributed by atoms with van der Waals surface area (Å²) in [6.07, 6.45) is 6.80. The molecule has 0 radical (unpaired) electrons. The van der Waals surface area contributed by atoms with E-state index in [-0.39, 0.29) is 0 Å². The van der Waals surface area contributed by atoms with Gasteiger partial charge in [0.1, 0.15) is 0 Å². The first-order valence-corrected chi connectivity index (χ1v) is 8.81. The molecule has 0 aliphatic heterocycles. The molecule has 0 saturated heterocycles. The molecule has 4 rings (SSSR count). The van der Waals surface area contributed by atoms with Gasteiger partial charge in [-0.15, -0.1) is 0 Å². The van der Waals surface area contributed by atoms with Gasteiger partial charge in [0.15, 0.2) is 0 Å². The zero-order valence-electron chi connectivity index (χ0n) is 14.5. The molecule has 4 nitrogen and oxygen atoms in total. The molecule has 0 atom stereocenters. The maximum atomic E-state index is 5.45. The van der Waals surface area contributed by atoms with Crippen LogP contribution in [0.3, 0.4) is 0 Å². The van der Waals surface area contributed by atoms with Crippen LogP contribution in [0.25, 0.3) is 11.3 Å². The van der Waals surface area contributed by atoms with E-state index in [4.69, 9.17) is 19.4 Å². The second-order valence-corrected chi connectivity index (χ2v) is 6.76. The van der Waals surface area contributed by atoms with E-state index in [1.54, 1.807) is 14.2 Å². The van der Waals surface area contributed by atoms with Crippen LogP contribution in [0.1, 0.15) is 46.6 Å². The Hall–Kier alpha value is -1.78. The molecule has 0 amide bonds. The fourth-order valence-corrected chi connectivity index (χ4v) is 3.99. The van der Waals surface area contributed by atoms with E-state index in [9.17, 15) is 0 Å². The number of hydrogen-bond acceptors (Lipinski definition) is 4. The predicted octanol–water partition coefficient (Wildman–Crippen LogP) is 3.41. The Kier molecular flexibility index (Phi) is 4.33. The highest BCUT2D eigenvalue weighted by Crippen LogP contribution is 2.33. The molecule has 4 heteroatoms. The third-order valence-corrected chi connectivity index (χ3v) is 5.10. The van der Waals surface area contributed by atoms with Gasteiger partial charge in [-0.05, 0) is 61.8 Å². The summed E-state index contributed by atoms with van der Waals surface area (Å²) in [5.41, 5.74) is 9.56. The van der Waals surface area contributed by atoms with Crippen LogP contribution in [0.5, 0.6) is 0 Å². The maximum absolute atomic E-state index is 5.45. The molecule has 24 heavy (non-hydrogen) atoms. The van der Waals surface area contributed by atoms with Crippen LogP contribution >= 0.6 is 0 Å². The van der Waals surface area contributed by atoms with E-state index in [1.165, 1.54) is 35.4 Å². The molecule has 0 spiro atoms. The number of rotatable bonds is 5. The first-order chi connectivity index (χ1) is 11.8. The number of aryl methyl sites for hydroxylation is 4. The fourth-order valence-electron chi connectivity index (χ4n) is 3.99. The molecule has 0 bridgehead atoms. The van der Waals surface area contributed by atoms with Crippen molar-refractivity contribution in [3.05, 3.63) is 45.9 Å². The second kappa shape index (κ2) is 6.61. The fraction of sp³-hybridized carbons (Fsp3) is 0.500. The van der Waals surface area contributed by atoms with Crippen LogP contribution in [0.15, 0.2) is 12.1 Å². The third kappa shape index (κ3) is 2.74. The predicted molar refractivity (Wildman–Crippen MR) is 92.9 cm³/mol. The highest BCUT2D eigenvalue weighted by molar-refractivity contribution is 5.68. The van der Waals surface area contributed by atoms with Gasteiger partial charge in [-0.25, -0.2) is 0 Å². The lowest BCUT2D eigenvalue weighted by molar-refractivity contribution is 0.181. The van der Waals surface area contributed by atoms with Crippen LogP contribution < -0.4 is 0 Å². The molecule has 2 aromatic heterocycles. The van der Waals surface area contributed by atoms with Gasteiger partial charge in [0.25, 0.3) is 0 Å². The molecule has 2 aliphatic rings. The van der Waals surface area contributed by atoms with Gasteiger partial charge >= 0.3 is 0 Å². The van der Waals surface area contributed by atoms with E-state index in [1.807, 2.05) is 0 Å². The van der Waals surface area contributed by atoms with Gasteiger partial charge in [-0.1, -0.05) is 0 Å². The summed E-state index contributed by atoms with van der Waals surface area (Å²) in [4.78, 5) is 9.94. The molecule has 0 aromatic carbocycles. The first-order valence-electron chi connectivity index (χ1n) is 8.81. The van der Waals surface area contributed by atoms with Crippen LogP contribution in [-0.4, -0.2) is 24.2 Å². The Morgan fingerprint density at radius 2 is 1.50 bits per heavy atom. The van der Waals surface area contributed by atoms with Gasteiger partial charge in [0.05, 0.1) is 24.6 Å². The molecule has 0 unspecified atom stereocenters. The number of fused-ring (bicyclic) bond motifs is 2. The number of pyridine rings is 2. The summed E-state index contributed by atoms with van der Waals surface area (Å²) in [5, 5.41) is 0. The third-order valence-electron chi connectivity index (χ3n) is 5.10. The van der Waals surface area contributed by atoms with Gasteiger partial charge < -0.3 is 9.47 Å². The molecule has 0 fully saturated rings. The topological polar surface area (TPSA) is 44.2 Å². The summed E-state index contributed by atoms with van der Waals surface area (Å²) in [6.45, 7) is 1.10. The van der Waals surface area contributed by atoms with E-state index in [2.05, 4.69) is 12.1 Å². The Bertz CT molecular complexity index is 705. The standard InChI is InChI=1S/C20H24N2O2/c1-23-11-15-9-13-5-3-8-18(13)22-20(15)16-10-14-6-4-7-17(14)21-19(16)12-24-2/h9-10H,3-8,11-12H2,1-2H3. The molecule has 126 valence electrons. The number of nitrogens with zero attached hydrogens (tertiary/aromatic N) is 2. The molecule has 2 aliphatic carbocycles. The van der Waals surface area contributed by atoms with Crippen molar-refractivity contribution in [2.24, 2.45) is 0 Å². The zero-order valence-corrected chi connectivity index (χ0v) is 14.5. The van der Waals surface area contributed by atoms with Crippen molar-refractivity contribution < 1.29 is 9.47 Å². The van der Waals surface area contributed by atoms with E-state index in [0.717, 1.165) is 48.2 Å². The highest BCUT2D eigenvalue weighted by atomic mass is 16.5.